The van der Waals surface area contributed by atoms with Gasteiger partial charge in [-0.1, -0.05) is 61.2 Å². The SMILES string of the molecule is C=C(COC(C)=O)c1ccc(-c2ccccc2)cc1. The van der Waals surface area contributed by atoms with Gasteiger partial charge in [0.15, 0.2) is 0 Å². The fraction of sp³-hybridized carbons (Fsp3) is 0.118. The van der Waals surface area contributed by atoms with Crippen molar-refractivity contribution >= 4 is 11.5 Å². The predicted molar refractivity (Wildman–Crippen MR) is 77.5 cm³/mol. The minimum atomic E-state index is -0.290. The highest BCUT2D eigenvalue weighted by atomic mass is 16.5. The van der Waals surface area contributed by atoms with Gasteiger partial charge >= 0.3 is 5.97 Å². The average molecular weight is 252 g/mol. The summed E-state index contributed by atoms with van der Waals surface area (Å²) >= 11 is 0. The number of carbonyl (C=O) groups is 1. The zero-order chi connectivity index (χ0) is 13.7. The third kappa shape index (κ3) is 3.55. The fourth-order valence-electron chi connectivity index (χ4n) is 1.80. The molecule has 0 unspecified atom stereocenters. The minimum Gasteiger partial charge on any atom is -0.461 e. The zero-order valence-corrected chi connectivity index (χ0v) is 10.9. The number of hydrogen-bond donors (Lipinski definition) is 0. The van der Waals surface area contributed by atoms with Gasteiger partial charge in [-0.15, -0.1) is 0 Å². The van der Waals surface area contributed by atoms with Gasteiger partial charge in [0, 0.05) is 6.92 Å². The van der Waals surface area contributed by atoms with E-state index in [-0.39, 0.29) is 12.6 Å². The first-order valence-electron chi connectivity index (χ1n) is 6.14. The van der Waals surface area contributed by atoms with Crippen molar-refractivity contribution in [1.29, 1.82) is 0 Å². The molecule has 0 atom stereocenters. The molecule has 0 N–H and O–H groups in total. The molecular formula is C17H16O2. The van der Waals surface area contributed by atoms with Crippen LogP contribution in [0.15, 0.2) is 61.2 Å². The first kappa shape index (κ1) is 13.1. The molecule has 2 aromatic rings. The molecule has 0 aliphatic carbocycles. The van der Waals surface area contributed by atoms with E-state index in [1.165, 1.54) is 12.5 Å². The molecule has 0 bridgehead atoms. The van der Waals surface area contributed by atoms with Crippen LogP contribution in [0.1, 0.15) is 12.5 Å². The van der Waals surface area contributed by atoms with E-state index in [0.717, 1.165) is 16.7 Å². The summed E-state index contributed by atoms with van der Waals surface area (Å²) in [5.74, 6) is -0.290. The van der Waals surface area contributed by atoms with Crippen molar-refractivity contribution in [1.82, 2.24) is 0 Å². The molecule has 0 heterocycles. The summed E-state index contributed by atoms with van der Waals surface area (Å²) in [6.07, 6.45) is 0. The van der Waals surface area contributed by atoms with Crippen LogP contribution in [-0.4, -0.2) is 12.6 Å². The Kier molecular flexibility index (Phi) is 4.14. The highest BCUT2D eigenvalue weighted by molar-refractivity contribution is 5.72. The summed E-state index contributed by atoms with van der Waals surface area (Å²) in [4.78, 5) is 10.8. The molecule has 0 saturated carbocycles. The summed E-state index contributed by atoms with van der Waals surface area (Å²) in [5.41, 5.74) is 4.13. The maximum atomic E-state index is 10.8. The van der Waals surface area contributed by atoms with Gasteiger partial charge in [-0.25, -0.2) is 0 Å². The Morgan fingerprint density at radius 1 is 1.00 bits per heavy atom. The average Bonchev–Trinajstić information content (AvgIpc) is 2.46. The third-order valence-electron chi connectivity index (χ3n) is 2.85. The van der Waals surface area contributed by atoms with E-state index in [2.05, 4.69) is 18.7 Å². The number of hydrogen-bond acceptors (Lipinski definition) is 2. The van der Waals surface area contributed by atoms with E-state index in [1.54, 1.807) is 0 Å². The lowest BCUT2D eigenvalue weighted by Gasteiger charge is -2.07. The zero-order valence-electron chi connectivity index (χ0n) is 10.9. The van der Waals surface area contributed by atoms with Crippen molar-refractivity contribution in [3.05, 3.63) is 66.7 Å². The molecule has 0 saturated heterocycles. The Morgan fingerprint density at radius 2 is 1.58 bits per heavy atom. The molecule has 2 rings (SSSR count). The molecule has 0 aliphatic heterocycles. The van der Waals surface area contributed by atoms with Crippen molar-refractivity contribution in [3.63, 3.8) is 0 Å². The molecule has 19 heavy (non-hydrogen) atoms. The van der Waals surface area contributed by atoms with Gasteiger partial charge in [0.1, 0.15) is 6.61 Å². The van der Waals surface area contributed by atoms with Gasteiger partial charge in [-0.3, -0.25) is 4.79 Å². The molecular weight excluding hydrogens is 236 g/mol. The Bertz CT molecular complexity index is 568. The number of rotatable bonds is 4. The van der Waals surface area contributed by atoms with Crippen LogP contribution in [0.2, 0.25) is 0 Å². The lowest BCUT2D eigenvalue weighted by atomic mass is 10.0. The van der Waals surface area contributed by atoms with Crippen LogP contribution in [0.3, 0.4) is 0 Å². The van der Waals surface area contributed by atoms with Gasteiger partial charge in [0.25, 0.3) is 0 Å². The summed E-state index contributed by atoms with van der Waals surface area (Å²) in [5, 5.41) is 0. The quantitative estimate of drug-likeness (QED) is 0.771. The Balaban J connectivity index is 2.10. The topological polar surface area (TPSA) is 26.3 Å². The normalized spacial score (nSPS) is 9.95. The van der Waals surface area contributed by atoms with E-state index >= 15 is 0 Å². The smallest absolute Gasteiger partial charge is 0.302 e. The summed E-state index contributed by atoms with van der Waals surface area (Å²) in [7, 11) is 0. The number of ether oxygens (including phenoxy) is 1. The van der Waals surface area contributed by atoms with E-state index in [0.29, 0.717) is 0 Å². The van der Waals surface area contributed by atoms with Crippen LogP contribution >= 0.6 is 0 Å². The van der Waals surface area contributed by atoms with Gasteiger partial charge in [-0.05, 0) is 22.3 Å². The van der Waals surface area contributed by atoms with Gasteiger partial charge in [0.05, 0.1) is 0 Å². The number of benzene rings is 2. The maximum Gasteiger partial charge on any atom is 0.302 e. The van der Waals surface area contributed by atoms with E-state index < -0.39 is 0 Å². The van der Waals surface area contributed by atoms with Crippen LogP contribution in [0.25, 0.3) is 16.7 Å². The van der Waals surface area contributed by atoms with Crippen molar-refractivity contribution < 1.29 is 9.53 Å². The predicted octanol–water partition coefficient (Wildman–Crippen LogP) is 3.93. The van der Waals surface area contributed by atoms with Crippen molar-refractivity contribution in [3.8, 4) is 11.1 Å². The summed E-state index contributed by atoms with van der Waals surface area (Å²) in [6, 6.07) is 18.3. The second-order valence-corrected chi connectivity index (χ2v) is 4.33. The van der Waals surface area contributed by atoms with Crippen molar-refractivity contribution in [2.75, 3.05) is 6.61 Å². The minimum absolute atomic E-state index is 0.236. The van der Waals surface area contributed by atoms with Crippen molar-refractivity contribution in [2.45, 2.75) is 6.92 Å². The Hall–Kier alpha value is -2.35. The molecule has 0 aliphatic rings. The third-order valence-corrected chi connectivity index (χ3v) is 2.85. The van der Waals surface area contributed by atoms with Crippen LogP contribution in [0, 0.1) is 0 Å². The van der Waals surface area contributed by atoms with Crippen LogP contribution < -0.4 is 0 Å². The van der Waals surface area contributed by atoms with Crippen LogP contribution in [0.4, 0.5) is 0 Å². The fourth-order valence-corrected chi connectivity index (χ4v) is 1.80. The first-order chi connectivity index (χ1) is 9.16. The van der Waals surface area contributed by atoms with Gasteiger partial charge in [0.2, 0.25) is 0 Å². The Labute approximate surface area is 113 Å². The second-order valence-electron chi connectivity index (χ2n) is 4.33. The number of carbonyl (C=O) groups excluding carboxylic acids is 1. The lowest BCUT2D eigenvalue weighted by Crippen LogP contribution is -2.01. The largest absolute Gasteiger partial charge is 0.461 e. The lowest BCUT2D eigenvalue weighted by molar-refractivity contribution is -0.139. The van der Waals surface area contributed by atoms with Gasteiger partial charge in [-0.2, -0.15) is 0 Å². The molecule has 2 aromatic carbocycles. The number of esters is 1. The molecule has 2 nitrogen and oxygen atoms in total. The summed E-state index contributed by atoms with van der Waals surface area (Å²) in [6.45, 7) is 5.55. The van der Waals surface area contributed by atoms with E-state index in [9.17, 15) is 4.79 Å². The second kappa shape index (κ2) is 6.01. The standard InChI is InChI=1S/C17H16O2/c1-13(12-19-14(2)18)15-8-10-17(11-9-15)16-6-4-3-5-7-16/h3-11H,1,12H2,2H3. The Morgan fingerprint density at radius 3 is 2.16 bits per heavy atom. The van der Waals surface area contributed by atoms with E-state index in [1.807, 2.05) is 42.5 Å². The molecule has 96 valence electrons. The first-order valence-corrected chi connectivity index (χ1v) is 6.14. The van der Waals surface area contributed by atoms with Crippen LogP contribution in [0.5, 0.6) is 0 Å². The molecule has 0 spiro atoms. The molecule has 0 fully saturated rings. The van der Waals surface area contributed by atoms with Crippen LogP contribution in [-0.2, 0) is 9.53 Å². The molecule has 0 aromatic heterocycles. The molecule has 0 amide bonds. The van der Waals surface area contributed by atoms with Gasteiger partial charge < -0.3 is 4.74 Å². The summed E-state index contributed by atoms with van der Waals surface area (Å²) < 4.78 is 4.93. The molecule has 0 radical (unpaired) electrons. The van der Waals surface area contributed by atoms with Crippen molar-refractivity contribution in [2.24, 2.45) is 0 Å². The monoisotopic (exact) mass is 252 g/mol. The maximum absolute atomic E-state index is 10.8. The highest BCUT2D eigenvalue weighted by Crippen LogP contribution is 2.21. The highest BCUT2D eigenvalue weighted by Gasteiger charge is 2.02. The van der Waals surface area contributed by atoms with E-state index in [4.69, 9.17) is 4.74 Å². The molecule has 2 heteroatoms.